The summed E-state index contributed by atoms with van der Waals surface area (Å²) in [6.07, 6.45) is 4.45. The van der Waals surface area contributed by atoms with Crippen LogP contribution in [-0.4, -0.2) is 48.3 Å². The third-order valence-electron chi connectivity index (χ3n) is 3.91. The van der Waals surface area contributed by atoms with E-state index in [0.717, 1.165) is 32.4 Å². The molecule has 0 N–H and O–H groups in total. The first-order chi connectivity index (χ1) is 9.17. The van der Waals surface area contributed by atoms with Gasteiger partial charge in [0.2, 0.25) is 0 Å². The first-order valence-corrected chi connectivity index (χ1v) is 6.77. The molecule has 104 valence electrons. The number of nitrogens with zero attached hydrogens (tertiary/aromatic N) is 2. The van der Waals surface area contributed by atoms with E-state index in [0.29, 0.717) is 6.61 Å². The highest BCUT2D eigenvalue weighted by atomic mass is 19.1. The summed E-state index contributed by atoms with van der Waals surface area (Å²) in [4.78, 5) is 6.21. The van der Waals surface area contributed by atoms with Crippen LogP contribution < -0.4 is 4.74 Å². The average Bonchev–Trinajstić information content (AvgIpc) is 2.75. The summed E-state index contributed by atoms with van der Waals surface area (Å²) in [5.74, 6) is -0.332. The highest BCUT2D eigenvalue weighted by Gasteiger charge is 2.43. The van der Waals surface area contributed by atoms with Crippen LogP contribution in [0, 0.1) is 5.82 Å². The number of halogens is 1. The Morgan fingerprint density at radius 2 is 2.47 bits per heavy atom. The number of hydrogen-bond acceptors (Lipinski definition) is 4. The molecule has 1 aromatic rings. The largest absolute Gasteiger partial charge is 0.470 e. The second-order valence-corrected chi connectivity index (χ2v) is 5.57. The lowest BCUT2D eigenvalue weighted by atomic mass is 9.89. The van der Waals surface area contributed by atoms with E-state index < -0.39 is 5.82 Å². The molecule has 0 radical (unpaired) electrons. The highest BCUT2D eigenvalue weighted by molar-refractivity contribution is 5.13. The molecule has 1 aromatic heterocycles. The second kappa shape index (κ2) is 5.06. The molecule has 3 heterocycles. The van der Waals surface area contributed by atoms with Gasteiger partial charge in [-0.15, -0.1) is 0 Å². The Labute approximate surface area is 112 Å². The van der Waals surface area contributed by atoms with Crippen molar-refractivity contribution in [2.75, 3.05) is 26.7 Å². The van der Waals surface area contributed by atoms with Gasteiger partial charge in [-0.2, -0.15) is 0 Å². The van der Waals surface area contributed by atoms with Gasteiger partial charge in [0.1, 0.15) is 6.10 Å². The monoisotopic (exact) mass is 266 g/mol. The fourth-order valence-corrected chi connectivity index (χ4v) is 3.10. The fourth-order valence-electron chi connectivity index (χ4n) is 3.10. The van der Waals surface area contributed by atoms with Crippen LogP contribution in [0.4, 0.5) is 4.39 Å². The molecule has 4 nitrogen and oxygen atoms in total. The van der Waals surface area contributed by atoms with Gasteiger partial charge in [0, 0.05) is 19.2 Å². The summed E-state index contributed by atoms with van der Waals surface area (Å²) in [6.45, 7) is 2.56. The van der Waals surface area contributed by atoms with Gasteiger partial charge in [0.25, 0.3) is 5.88 Å². The predicted octanol–water partition coefficient (Wildman–Crippen LogP) is 1.85. The Morgan fingerprint density at radius 1 is 1.58 bits per heavy atom. The topological polar surface area (TPSA) is 34.6 Å². The number of rotatable bonds is 2. The van der Waals surface area contributed by atoms with Crippen molar-refractivity contribution in [3.8, 4) is 5.88 Å². The molecule has 2 fully saturated rings. The number of likely N-dealkylation sites (N-methyl/N-ethyl adjacent to an activating group) is 1. The van der Waals surface area contributed by atoms with Crippen LogP contribution in [0.25, 0.3) is 0 Å². The molecule has 2 atom stereocenters. The Balaban J connectivity index is 1.64. The number of pyridine rings is 1. The smallest absolute Gasteiger partial charge is 0.250 e. The summed E-state index contributed by atoms with van der Waals surface area (Å²) < 4.78 is 25.1. The number of hydrogen-bond donors (Lipinski definition) is 0. The van der Waals surface area contributed by atoms with E-state index in [-0.39, 0.29) is 17.6 Å². The lowest BCUT2D eigenvalue weighted by molar-refractivity contribution is -0.0458. The molecule has 1 spiro atoms. The van der Waals surface area contributed by atoms with Crippen molar-refractivity contribution in [3.05, 3.63) is 24.1 Å². The van der Waals surface area contributed by atoms with E-state index in [4.69, 9.17) is 9.47 Å². The summed E-state index contributed by atoms with van der Waals surface area (Å²) >= 11 is 0. The van der Waals surface area contributed by atoms with Gasteiger partial charge in [-0.1, -0.05) is 0 Å². The van der Waals surface area contributed by atoms with Crippen LogP contribution in [-0.2, 0) is 4.74 Å². The Hall–Kier alpha value is -1.20. The molecule has 0 aliphatic carbocycles. The van der Waals surface area contributed by atoms with Gasteiger partial charge in [-0.3, -0.25) is 0 Å². The van der Waals surface area contributed by atoms with E-state index in [1.54, 1.807) is 12.3 Å². The van der Waals surface area contributed by atoms with Crippen molar-refractivity contribution in [2.45, 2.75) is 31.0 Å². The first-order valence-electron chi connectivity index (χ1n) is 6.77. The number of piperidine rings is 1. The molecule has 2 aliphatic rings. The maximum atomic E-state index is 13.5. The van der Waals surface area contributed by atoms with Gasteiger partial charge in [-0.25, -0.2) is 9.37 Å². The van der Waals surface area contributed by atoms with E-state index in [1.165, 1.54) is 6.07 Å². The Morgan fingerprint density at radius 3 is 3.26 bits per heavy atom. The standard InChI is InChI=1S/C14H19FN2O2/c1-17-7-3-5-14(10-17)8-11(9-18-14)19-13-12(15)4-2-6-16-13/h2,4,6,11H,3,5,7-10H2,1H3/t11-,14-/m0/s1. The molecule has 5 heteroatoms. The molecule has 0 saturated carbocycles. The van der Waals surface area contributed by atoms with Crippen LogP contribution in [0.5, 0.6) is 5.88 Å². The van der Waals surface area contributed by atoms with Gasteiger partial charge in [-0.05, 0) is 38.6 Å². The summed E-state index contributed by atoms with van der Waals surface area (Å²) in [5, 5.41) is 0. The van der Waals surface area contributed by atoms with Gasteiger partial charge >= 0.3 is 0 Å². The summed E-state index contributed by atoms with van der Waals surface area (Å²) in [6, 6.07) is 2.92. The predicted molar refractivity (Wildman–Crippen MR) is 68.6 cm³/mol. The van der Waals surface area contributed by atoms with Crippen LogP contribution in [0.2, 0.25) is 0 Å². The van der Waals surface area contributed by atoms with Gasteiger partial charge in [0.05, 0.1) is 12.2 Å². The molecule has 3 rings (SSSR count). The highest BCUT2D eigenvalue weighted by Crippen LogP contribution is 2.35. The average molecular weight is 266 g/mol. The molecule has 0 aromatic carbocycles. The number of aromatic nitrogens is 1. The Kier molecular flexibility index (Phi) is 3.41. The Bertz CT molecular complexity index is 457. The van der Waals surface area contributed by atoms with Crippen molar-refractivity contribution in [1.29, 1.82) is 0 Å². The summed E-state index contributed by atoms with van der Waals surface area (Å²) in [7, 11) is 2.11. The van der Waals surface area contributed by atoms with Crippen molar-refractivity contribution in [2.24, 2.45) is 0 Å². The third kappa shape index (κ3) is 2.72. The van der Waals surface area contributed by atoms with Crippen LogP contribution in [0.3, 0.4) is 0 Å². The molecule has 2 aliphatic heterocycles. The van der Waals surface area contributed by atoms with E-state index in [9.17, 15) is 4.39 Å². The SMILES string of the molecule is CN1CCC[C@]2(C[C@H](Oc3ncccc3F)CO2)C1. The van der Waals surface area contributed by atoms with Gasteiger partial charge < -0.3 is 14.4 Å². The molecule has 2 saturated heterocycles. The fraction of sp³-hybridized carbons (Fsp3) is 0.643. The van der Waals surface area contributed by atoms with Crippen LogP contribution in [0.15, 0.2) is 18.3 Å². The molecule has 19 heavy (non-hydrogen) atoms. The van der Waals surface area contributed by atoms with E-state index in [1.807, 2.05) is 0 Å². The minimum atomic E-state index is -0.413. The zero-order valence-electron chi connectivity index (χ0n) is 11.1. The second-order valence-electron chi connectivity index (χ2n) is 5.57. The maximum absolute atomic E-state index is 13.5. The molecule has 0 unspecified atom stereocenters. The van der Waals surface area contributed by atoms with Crippen LogP contribution in [0.1, 0.15) is 19.3 Å². The van der Waals surface area contributed by atoms with Gasteiger partial charge in [0.15, 0.2) is 5.82 Å². The van der Waals surface area contributed by atoms with Crippen molar-refractivity contribution in [3.63, 3.8) is 0 Å². The van der Waals surface area contributed by atoms with Crippen molar-refractivity contribution in [1.82, 2.24) is 9.88 Å². The maximum Gasteiger partial charge on any atom is 0.250 e. The molecule has 0 amide bonds. The zero-order chi connectivity index (χ0) is 13.3. The minimum absolute atomic E-state index is 0.0808. The van der Waals surface area contributed by atoms with Crippen molar-refractivity contribution >= 4 is 0 Å². The quantitative estimate of drug-likeness (QED) is 0.818. The van der Waals surface area contributed by atoms with E-state index >= 15 is 0 Å². The first kappa shape index (κ1) is 12.8. The molecule has 0 bridgehead atoms. The van der Waals surface area contributed by atoms with Crippen molar-refractivity contribution < 1.29 is 13.9 Å². The normalized spacial score (nSPS) is 31.8. The third-order valence-corrected chi connectivity index (χ3v) is 3.91. The zero-order valence-corrected chi connectivity index (χ0v) is 11.1. The van der Waals surface area contributed by atoms with Crippen LogP contribution >= 0.6 is 0 Å². The van der Waals surface area contributed by atoms with E-state index in [2.05, 4.69) is 16.9 Å². The molecular formula is C14H19FN2O2. The number of ether oxygens (including phenoxy) is 2. The molecular weight excluding hydrogens is 247 g/mol. The number of likely N-dealkylation sites (tertiary alicyclic amines) is 1. The lowest BCUT2D eigenvalue weighted by Crippen LogP contribution is -2.46. The lowest BCUT2D eigenvalue weighted by Gasteiger charge is -2.37. The minimum Gasteiger partial charge on any atom is -0.470 e. The summed E-state index contributed by atoms with van der Waals surface area (Å²) in [5.41, 5.74) is -0.108.